The highest BCUT2D eigenvalue weighted by atomic mass is 32.1. The van der Waals surface area contributed by atoms with Crippen LogP contribution >= 0.6 is 11.3 Å². The van der Waals surface area contributed by atoms with Crippen molar-refractivity contribution in [1.82, 2.24) is 15.5 Å². The van der Waals surface area contributed by atoms with Gasteiger partial charge >= 0.3 is 0 Å². The molecule has 5 N–H and O–H groups in total. The van der Waals surface area contributed by atoms with Crippen molar-refractivity contribution >= 4 is 39.1 Å². The summed E-state index contributed by atoms with van der Waals surface area (Å²) in [6.07, 6.45) is 1.56. The van der Waals surface area contributed by atoms with Crippen LogP contribution in [-0.2, 0) is 4.79 Å². The van der Waals surface area contributed by atoms with Gasteiger partial charge < -0.3 is 16.8 Å². The van der Waals surface area contributed by atoms with Crippen LogP contribution in [0.4, 0.5) is 5.69 Å². The molecule has 0 aromatic carbocycles. The summed E-state index contributed by atoms with van der Waals surface area (Å²) in [6, 6.07) is 1.71. The summed E-state index contributed by atoms with van der Waals surface area (Å²) >= 11 is 1.16. The third kappa shape index (κ3) is 2.85. The monoisotopic (exact) mass is 293 g/mol. The fourth-order valence-corrected chi connectivity index (χ4v) is 2.82. The Hall–Kier alpha value is -2.22. The highest BCUT2D eigenvalue weighted by Gasteiger charge is 2.26. The predicted molar refractivity (Wildman–Crippen MR) is 77.2 cm³/mol. The zero-order chi connectivity index (χ0) is 14.9. The molecule has 106 valence electrons. The van der Waals surface area contributed by atoms with Crippen molar-refractivity contribution in [3.05, 3.63) is 17.1 Å². The second-order valence-corrected chi connectivity index (χ2v) is 6.08. The summed E-state index contributed by atoms with van der Waals surface area (Å²) in [6.45, 7) is 3.44. The van der Waals surface area contributed by atoms with E-state index in [1.54, 1.807) is 19.9 Å². The van der Waals surface area contributed by atoms with Crippen LogP contribution in [0.25, 0.3) is 10.2 Å². The number of primary amides is 1. The van der Waals surface area contributed by atoms with E-state index >= 15 is 0 Å². The quantitative estimate of drug-likeness (QED) is 0.763. The molecule has 0 unspecified atom stereocenters. The highest BCUT2D eigenvalue weighted by Crippen LogP contribution is 2.31. The molecule has 0 aliphatic heterocycles. The van der Waals surface area contributed by atoms with Gasteiger partial charge in [-0.1, -0.05) is 0 Å². The van der Waals surface area contributed by atoms with Crippen LogP contribution in [0.5, 0.6) is 0 Å². The number of rotatable bonds is 4. The van der Waals surface area contributed by atoms with Crippen molar-refractivity contribution in [3.63, 3.8) is 0 Å². The first-order chi connectivity index (χ1) is 9.30. The lowest BCUT2D eigenvalue weighted by atomic mass is 10.0. The number of hydrogen-bond donors (Lipinski definition) is 3. The molecule has 2 aromatic rings. The third-order valence-electron chi connectivity index (χ3n) is 2.69. The molecule has 2 amide bonds. The molecule has 8 heteroatoms. The largest absolute Gasteiger partial charge is 0.397 e. The van der Waals surface area contributed by atoms with Crippen molar-refractivity contribution in [1.29, 1.82) is 0 Å². The number of anilines is 1. The standard InChI is InChI=1S/C12H15N5O2S/c1-12(2,5-7(13)18)16-10(19)9-8(14)6-3-4-15-17-11(6)20-9/h3-4H,5,14H2,1-2H3,(H2,13,18)(H,16,19). The first-order valence-electron chi connectivity index (χ1n) is 5.90. The lowest BCUT2D eigenvalue weighted by Crippen LogP contribution is -2.45. The first kappa shape index (κ1) is 14.2. The first-order valence-corrected chi connectivity index (χ1v) is 6.72. The van der Waals surface area contributed by atoms with Crippen molar-refractivity contribution in [2.45, 2.75) is 25.8 Å². The van der Waals surface area contributed by atoms with Gasteiger partial charge in [-0.3, -0.25) is 9.59 Å². The van der Waals surface area contributed by atoms with E-state index in [1.165, 1.54) is 6.20 Å². The van der Waals surface area contributed by atoms with Gasteiger partial charge in [0.05, 0.1) is 11.9 Å². The summed E-state index contributed by atoms with van der Waals surface area (Å²) in [4.78, 5) is 24.2. The Kier molecular flexibility index (Phi) is 3.58. The van der Waals surface area contributed by atoms with Gasteiger partial charge in [0.2, 0.25) is 5.91 Å². The Morgan fingerprint density at radius 2 is 2.15 bits per heavy atom. The van der Waals surface area contributed by atoms with Gasteiger partial charge in [-0.05, 0) is 19.9 Å². The number of carbonyl (C=O) groups is 2. The van der Waals surface area contributed by atoms with Crippen molar-refractivity contribution in [2.75, 3.05) is 5.73 Å². The number of aromatic nitrogens is 2. The number of fused-ring (bicyclic) bond motifs is 1. The second-order valence-electron chi connectivity index (χ2n) is 5.08. The molecule has 0 bridgehead atoms. The molecule has 20 heavy (non-hydrogen) atoms. The number of hydrogen-bond acceptors (Lipinski definition) is 6. The maximum atomic E-state index is 12.3. The van der Waals surface area contributed by atoms with Gasteiger partial charge in [0.15, 0.2) is 0 Å². The van der Waals surface area contributed by atoms with E-state index in [9.17, 15) is 9.59 Å². The average Bonchev–Trinajstić information content (AvgIpc) is 2.65. The number of thiophene rings is 1. The number of amides is 2. The van der Waals surface area contributed by atoms with E-state index in [-0.39, 0.29) is 12.3 Å². The maximum absolute atomic E-state index is 12.3. The molecule has 2 aromatic heterocycles. The number of nitrogens with zero attached hydrogens (tertiary/aromatic N) is 2. The summed E-state index contributed by atoms with van der Waals surface area (Å²) in [5.41, 5.74) is 10.7. The fraction of sp³-hybridized carbons (Fsp3) is 0.333. The van der Waals surface area contributed by atoms with Crippen LogP contribution in [0.1, 0.15) is 29.9 Å². The van der Waals surface area contributed by atoms with Crippen LogP contribution in [0.15, 0.2) is 12.3 Å². The van der Waals surface area contributed by atoms with Gasteiger partial charge in [0.25, 0.3) is 5.91 Å². The van der Waals surface area contributed by atoms with Crippen LogP contribution in [-0.4, -0.2) is 27.6 Å². The molecule has 0 aliphatic rings. The Bertz CT molecular complexity index is 680. The third-order valence-corrected chi connectivity index (χ3v) is 3.80. The van der Waals surface area contributed by atoms with Gasteiger partial charge in [-0.25, -0.2) is 0 Å². The summed E-state index contributed by atoms with van der Waals surface area (Å²) in [7, 11) is 0. The van der Waals surface area contributed by atoms with E-state index in [0.717, 1.165) is 11.3 Å². The van der Waals surface area contributed by atoms with Crippen LogP contribution in [0, 0.1) is 0 Å². The molecule has 0 radical (unpaired) electrons. The molecule has 0 saturated heterocycles. The zero-order valence-electron chi connectivity index (χ0n) is 11.1. The van der Waals surface area contributed by atoms with Crippen LogP contribution in [0.2, 0.25) is 0 Å². The minimum Gasteiger partial charge on any atom is -0.397 e. The number of nitrogens with two attached hydrogens (primary N) is 2. The maximum Gasteiger partial charge on any atom is 0.263 e. The molecule has 2 rings (SSSR count). The summed E-state index contributed by atoms with van der Waals surface area (Å²) in [5.74, 6) is -0.831. The number of nitrogens with one attached hydrogen (secondary N) is 1. The van der Waals surface area contributed by atoms with E-state index in [0.29, 0.717) is 20.8 Å². The average molecular weight is 293 g/mol. The molecule has 7 nitrogen and oxygen atoms in total. The number of nitrogen functional groups attached to an aromatic ring is 1. The van der Waals surface area contributed by atoms with Crippen molar-refractivity contribution in [3.8, 4) is 0 Å². The lowest BCUT2D eigenvalue weighted by Gasteiger charge is -2.24. The van der Waals surface area contributed by atoms with E-state index < -0.39 is 11.4 Å². The zero-order valence-corrected chi connectivity index (χ0v) is 12.0. The molecule has 2 heterocycles. The van der Waals surface area contributed by atoms with E-state index in [4.69, 9.17) is 11.5 Å². The second kappa shape index (κ2) is 5.04. The van der Waals surface area contributed by atoms with E-state index in [1.807, 2.05) is 0 Å². The fourth-order valence-electron chi connectivity index (χ4n) is 1.89. The van der Waals surface area contributed by atoms with Gasteiger partial charge in [-0.15, -0.1) is 16.4 Å². The van der Waals surface area contributed by atoms with Gasteiger partial charge in [0, 0.05) is 17.3 Å². The van der Waals surface area contributed by atoms with Gasteiger partial charge in [0.1, 0.15) is 9.71 Å². The minimum absolute atomic E-state index is 0.0450. The minimum atomic E-state index is -0.739. The Morgan fingerprint density at radius 3 is 2.75 bits per heavy atom. The molecule has 0 aliphatic carbocycles. The molecular weight excluding hydrogens is 278 g/mol. The molecule has 0 saturated carbocycles. The van der Waals surface area contributed by atoms with E-state index in [2.05, 4.69) is 15.5 Å². The highest BCUT2D eigenvalue weighted by molar-refractivity contribution is 7.21. The van der Waals surface area contributed by atoms with Crippen molar-refractivity contribution < 1.29 is 9.59 Å². The van der Waals surface area contributed by atoms with Gasteiger partial charge in [-0.2, -0.15) is 5.10 Å². The summed E-state index contributed by atoms with van der Waals surface area (Å²) in [5, 5.41) is 11.1. The Balaban J connectivity index is 2.28. The molecular formula is C12H15N5O2S. The van der Waals surface area contributed by atoms with Crippen LogP contribution in [0.3, 0.4) is 0 Å². The topological polar surface area (TPSA) is 124 Å². The summed E-state index contributed by atoms with van der Waals surface area (Å²) < 4.78 is 0. The molecule has 0 fully saturated rings. The van der Waals surface area contributed by atoms with Crippen molar-refractivity contribution in [2.24, 2.45) is 5.73 Å². The lowest BCUT2D eigenvalue weighted by molar-refractivity contribution is -0.119. The Morgan fingerprint density at radius 1 is 1.45 bits per heavy atom. The SMILES string of the molecule is CC(C)(CC(N)=O)NC(=O)c1sc2nnccc2c1N. The Labute approximate surface area is 119 Å². The molecule has 0 atom stereocenters. The van der Waals surface area contributed by atoms with Crippen LogP contribution < -0.4 is 16.8 Å². The number of carbonyl (C=O) groups excluding carboxylic acids is 2. The molecule has 0 spiro atoms. The normalized spacial score (nSPS) is 11.5. The smallest absolute Gasteiger partial charge is 0.263 e. The predicted octanol–water partition coefficient (Wildman–Crippen LogP) is 0.657.